The van der Waals surface area contributed by atoms with Crippen molar-refractivity contribution >= 4 is 23.2 Å². The van der Waals surface area contributed by atoms with Gasteiger partial charge in [-0.3, -0.25) is 9.69 Å². The van der Waals surface area contributed by atoms with Gasteiger partial charge in [0.15, 0.2) is 11.5 Å². The molecule has 0 aromatic heterocycles. The quantitative estimate of drug-likeness (QED) is 0.511. The molecule has 0 spiro atoms. The molecule has 4 rings (SSSR count). The van der Waals surface area contributed by atoms with Crippen LogP contribution in [0.25, 0.3) is 0 Å². The number of carbonyl (C=O) groups is 1. The summed E-state index contributed by atoms with van der Waals surface area (Å²) in [5.74, 6) is 1.74. The average Bonchev–Trinajstić information content (AvgIpc) is 2.77. The number of halogens is 1. The number of methoxy groups -OCH3 is 2. The molecule has 0 bridgehead atoms. The number of rotatable bonds is 6. The summed E-state index contributed by atoms with van der Waals surface area (Å²) in [6, 6.07) is 20.2. The molecule has 1 fully saturated rings. The van der Waals surface area contributed by atoms with E-state index in [-0.39, 0.29) is 11.9 Å². The third-order valence-electron chi connectivity index (χ3n) is 5.25. The molecular weight excluding hydrogens is 402 g/mol. The highest BCUT2D eigenvalue weighted by Gasteiger charge is 2.51. The van der Waals surface area contributed by atoms with E-state index >= 15 is 0 Å². The first kappa shape index (κ1) is 20.1. The second-order valence-electron chi connectivity index (χ2n) is 7.02. The van der Waals surface area contributed by atoms with Gasteiger partial charge in [0.2, 0.25) is 6.10 Å². The van der Waals surface area contributed by atoms with Gasteiger partial charge in [0.25, 0.3) is 5.91 Å². The van der Waals surface area contributed by atoms with E-state index in [1.54, 1.807) is 25.2 Å². The van der Waals surface area contributed by atoms with E-state index in [1.807, 2.05) is 67.6 Å². The van der Waals surface area contributed by atoms with Crippen LogP contribution in [0.4, 0.5) is 5.69 Å². The summed E-state index contributed by atoms with van der Waals surface area (Å²) in [5, 5.41) is 0.505. The summed E-state index contributed by atoms with van der Waals surface area (Å²) in [5.41, 5.74) is 2.48. The summed E-state index contributed by atoms with van der Waals surface area (Å²) >= 11 is 6.41. The lowest BCUT2D eigenvalue weighted by Crippen LogP contribution is -2.61. The number of para-hydroxylation sites is 2. The third kappa shape index (κ3) is 3.46. The van der Waals surface area contributed by atoms with Crippen molar-refractivity contribution in [1.82, 2.24) is 0 Å². The predicted octanol–water partition coefficient (Wildman–Crippen LogP) is 5.20. The molecule has 1 amide bonds. The molecule has 1 heterocycles. The van der Waals surface area contributed by atoms with Crippen LogP contribution in [0.3, 0.4) is 0 Å². The Morgan fingerprint density at radius 2 is 1.57 bits per heavy atom. The van der Waals surface area contributed by atoms with Crippen LogP contribution in [-0.2, 0) is 4.79 Å². The predicted molar refractivity (Wildman–Crippen MR) is 117 cm³/mol. The monoisotopic (exact) mass is 423 g/mol. The lowest BCUT2D eigenvalue weighted by Gasteiger charge is -2.47. The number of ether oxygens (including phenoxy) is 3. The van der Waals surface area contributed by atoms with E-state index < -0.39 is 6.10 Å². The lowest BCUT2D eigenvalue weighted by molar-refractivity contribution is -0.135. The second-order valence-corrected chi connectivity index (χ2v) is 7.43. The molecule has 154 valence electrons. The highest BCUT2D eigenvalue weighted by atomic mass is 35.5. The Kier molecular flexibility index (Phi) is 5.55. The number of amides is 1. The van der Waals surface area contributed by atoms with E-state index in [4.69, 9.17) is 25.8 Å². The number of nitrogens with zero attached hydrogens (tertiary/aromatic N) is 1. The molecule has 5 nitrogen and oxygen atoms in total. The Morgan fingerprint density at radius 1 is 0.867 bits per heavy atom. The lowest BCUT2D eigenvalue weighted by atomic mass is 9.89. The SMILES string of the molecule is COc1ccc([C@H]2[C@@H](Oc3ccccc3C)C(=O)N2c2ccccc2Cl)cc1OC. The van der Waals surface area contributed by atoms with E-state index in [1.165, 1.54) is 0 Å². The molecule has 1 saturated heterocycles. The number of β-lactam (4-membered cyclic amide) rings is 1. The minimum atomic E-state index is -0.680. The van der Waals surface area contributed by atoms with Gasteiger partial charge in [0, 0.05) is 0 Å². The number of carbonyl (C=O) groups excluding carboxylic acids is 1. The molecular formula is C24H22ClNO4. The van der Waals surface area contributed by atoms with Crippen molar-refractivity contribution in [2.75, 3.05) is 19.1 Å². The number of hydrogen-bond acceptors (Lipinski definition) is 4. The van der Waals surface area contributed by atoms with Crippen molar-refractivity contribution in [2.24, 2.45) is 0 Å². The molecule has 0 unspecified atom stereocenters. The number of benzene rings is 3. The van der Waals surface area contributed by atoms with E-state index in [9.17, 15) is 4.79 Å². The smallest absolute Gasteiger partial charge is 0.271 e. The Morgan fingerprint density at radius 3 is 2.27 bits per heavy atom. The van der Waals surface area contributed by atoms with Crippen molar-refractivity contribution in [3.8, 4) is 17.2 Å². The molecule has 0 N–H and O–H groups in total. The van der Waals surface area contributed by atoms with Crippen LogP contribution in [-0.4, -0.2) is 26.2 Å². The van der Waals surface area contributed by atoms with Gasteiger partial charge in [-0.1, -0.05) is 48.0 Å². The van der Waals surface area contributed by atoms with Crippen LogP contribution in [0.1, 0.15) is 17.2 Å². The normalized spacial score (nSPS) is 18.0. The molecule has 0 aliphatic carbocycles. The molecule has 1 aliphatic heterocycles. The standard InChI is InChI=1S/C24H22ClNO4/c1-15-8-4-7-11-19(15)30-23-22(16-12-13-20(28-2)21(14-16)29-3)26(24(23)27)18-10-6-5-9-17(18)25/h4-14,22-23H,1-3H3/t22-,23+/m0/s1. The van der Waals surface area contributed by atoms with Gasteiger partial charge in [-0.25, -0.2) is 0 Å². The minimum Gasteiger partial charge on any atom is -0.493 e. The zero-order valence-corrected chi connectivity index (χ0v) is 17.7. The van der Waals surface area contributed by atoms with Crippen LogP contribution >= 0.6 is 11.6 Å². The number of anilines is 1. The van der Waals surface area contributed by atoms with Crippen molar-refractivity contribution in [3.05, 3.63) is 82.9 Å². The number of aryl methyl sites for hydroxylation is 1. The minimum absolute atomic E-state index is 0.147. The fourth-order valence-corrected chi connectivity index (χ4v) is 3.91. The van der Waals surface area contributed by atoms with Gasteiger partial charge in [-0.2, -0.15) is 0 Å². The zero-order valence-electron chi connectivity index (χ0n) is 17.0. The highest BCUT2D eigenvalue weighted by molar-refractivity contribution is 6.34. The molecule has 0 radical (unpaired) electrons. The van der Waals surface area contributed by atoms with Crippen molar-refractivity contribution in [1.29, 1.82) is 0 Å². The summed E-state index contributed by atoms with van der Waals surface area (Å²) in [7, 11) is 3.17. The van der Waals surface area contributed by atoms with Crippen LogP contribution < -0.4 is 19.1 Å². The second kappa shape index (κ2) is 8.28. The van der Waals surface area contributed by atoms with Gasteiger partial charge in [-0.05, 0) is 48.4 Å². The van der Waals surface area contributed by atoms with Gasteiger partial charge >= 0.3 is 0 Å². The largest absolute Gasteiger partial charge is 0.493 e. The van der Waals surface area contributed by atoms with Gasteiger partial charge in [0.05, 0.1) is 24.9 Å². The molecule has 30 heavy (non-hydrogen) atoms. The Labute approximate surface area is 180 Å². The van der Waals surface area contributed by atoms with Crippen molar-refractivity contribution < 1.29 is 19.0 Å². The van der Waals surface area contributed by atoms with Gasteiger partial charge in [0.1, 0.15) is 11.8 Å². The molecule has 3 aromatic carbocycles. The van der Waals surface area contributed by atoms with Crippen LogP contribution in [0.5, 0.6) is 17.2 Å². The fourth-order valence-electron chi connectivity index (χ4n) is 3.68. The summed E-state index contributed by atoms with van der Waals surface area (Å²) in [4.78, 5) is 14.9. The van der Waals surface area contributed by atoms with E-state index in [0.29, 0.717) is 28.0 Å². The first-order chi connectivity index (χ1) is 14.5. The molecule has 3 aromatic rings. The molecule has 2 atom stereocenters. The first-order valence-corrected chi connectivity index (χ1v) is 9.94. The highest BCUT2D eigenvalue weighted by Crippen LogP contribution is 2.45. The van der Waals surface area contributed by atoms with Gasteiger partial charge < -0.3 is 14.2 Å². The van der Waals surface area contributed by atoms with Crippen LogP contribution in [0, 0.1) is 6.92 Å². The van der Waals surface area contributed by atoms with Crippen molar-refractivity contribution in [2.45, 2.75) is 19.1 Å². The number of hydrogen-bond donors (Lipinski definition) is 0. The fraction of sp³-hybridized carbons (Fsp3) is 0.208. The summed E-state index contributed by atoms with van der Waals surface area (Å²) in [6.07, 6.45) is -0.680. The first-order valence-electron chi connectivity index (χ1n) is 9.57. The summed E-state index contributed by atoms with van der Waals surface area (Å²) < 4.78 is 17.0. The maximum atomic E-state index is 13.2. The Hall–Kier alpha value is -3.18. The van der Waals surface area contributed by atoms with E-state index in [0.717, 1.165) is 11.1 Å². The van der Waals surface area contributed by atoms with E-state index in [2.05, 4.69) is 0 Å². The Balaban J connectivity index is 1.76. The molecule has 1 aliphatic rings. The van der Waals surface area contributed by atoms with Gasteiger partial charge in [-0.15, -0.1) is 0 Å². The third-order valence-corrected chi connectivity index (χ3v) is 5.57. The molecule has 0 saturated carbocycles. The van der Waals surface area contributed by atoms with Crippen LogP contribution in [0.15, 0.2) is 66.7 Å². The summed E-state index contributed by atoms with van der Waals surface area (Å²) in [6.45, 7) is 1.95. The zero-order chi connectivity index (χ0) is 21.3. The van der Waals surface area contributed by atoms with Crippen molar-refractivity contribution in [3.63, 3.8) is 0 Å². The topological polar surface area (TPSA) is 48.0 Å². The molecule has 6 heteroatoms. The Bertz CT molecular complexity index is 1080. The maximum Gasteiger partial charge on any atom is 0.271 e. The average molecular weight is 424 g/mol. The maximum absolute atomic E-state index is 13.2. The van der Waals surface area contributed by atoms with Crippen LogP contribution in [0.2, 0.25) is 5.02 Å².